The largest absolute Gasteiger partial charge is 0.336 e. The Hall–Kier alpha value is -2.67. The summed E-state index contributed by atoms with van der Waals surface area (Å²) in [6.45, 7) is -0.0374. The number of fused-ring (bicyclic) bond motifs is 1. The molecule has 0 atom stereocenters. The predicted octanol–water partition coefficient (Wildman–Crippen LogP) is 1.79. The van der Waals surface area contributed by atoms with Crippen molar-refractivity contribution in [3.05, 3.63) is 53.6 Å². The maximum Gasteiger partial charge on any atom is 0.335 e. The lowest BCUT2D eigenvalue weighted by Gasteiger charge is -2.27. The molecule has 3 amide bonds. The zero-order chi connectivity index (χ0) is 15.9. The number of hydrogen-bond acceptors (Lipinski definition) is 4. The number of aromatic nitrogens is 2. The van der Waals surface area contributed by atoms with Crippen molar-refractivity contribution in [3.63, 3.8) is 0 Å². The first-order valence-corrected chi connectivity index (χ1v) is 6.78. The van der Waals surface area contributed by atoms with Crippen LogP contribution in [0.1, 0.15) is 26.4 Å². The summed E-state index contributed by atoms with van der Waals surface area (Å²) in [6, 6.07) is 6.38. The van der Waals surface area contributed by atoms with Crippen molar-refractivity contribution in [2.24, 2.45) is 7.05 Å². The van der Waals surface area contributed by atoms with Gasteiger partial charge in [-0.2, -0.15) is 5.01 Å². The lowest BCUT2D eigenvalue weighted by molar-refractivity contribution is 0.0195. The lowest BCUT2D eigenvalue weighted by atomic mass is 10.1. The van der Waals surface area contributed by atoms with Crippen molar-refractivity contribution in [2.75, 3.05) is 0 Å². The van der Waals surface area contributed by atoms with E-state index in [0.29, 0.717) is 5.69 Å². The second-order valence-electron chi connectivity index (χ2n) is 4.77. The highest BCUT2D eigenvalue weighted by Gasteiger charge is 2.41. The summed E-state index contributed by atoms with van der Waals surface area (Å²) in [5, 5.41) is 0.756. The number of hydrazine groups is 1. The highest BCUT2D eigenvalue weighted by atomic mass is 35.5. The zero-order valence-electron chi connectivity index (χ0n) is 11.6. The molecule has 0 radical (unpaired) electrons. The van der Waals surface area contributed by atoms with Crippen LogP contribution in [0.5, 0.6) is 0 Å². The third kappa shape index (κ3) is 2.15. The Bertz CT molecular complexity index is 751. The molecule has 1 aliphatic rings. The normalized spacial score (nSPS) is 13.5. The number of carbonyl (C=O) groups excluding carboxylic acids is 3. The van der Waals surface area contributed by atoms with Gasteiger partial charge in [-0.15, -0.1) is 0 Å². The number of rotatable bonds is 3. The quantitative estimate of drug-likeness (QED) is 0.491. The number of imidazole rings is 1. The number of hydrogen-bond donors (Lipinski definition) is 0. The van der Waals surface area contributed by atoms with Crippen LogP contribution >= 0.6 is 11.6 Å². The molecule has 2 aromatic rings. The fourth-order valence-corrected chi connectivity index (χ4v) is 2.43. The van der Waals surface area contributed by atoms with Gasteiger partial charge in [0.2, 0.25) is 0 Å². The monoisotopic (exact) mass is 318 g/mol. The molecule has 0 N–H and O–H groups in total. The van der Waals surface area contributed by atoms with E-state index in [4.69, 9.17) is 11.6 Å². The molecule has 0 saturated carbocycles. The first-order chi connectivity index (χ1) is 10.5. The van der Waals surface area contributed by atoms with Crippen LogP contribution in [0.2, 0.25) is 0 Å². The maximum atomic E-state index is 12.4. The first-order valence-electron chi connectivity index (χ1n) is 6.40. The van der Waals surface area contributed by atoms with Crippen molar-refractivity contribution in [1.29, 1.82) is 0 Å². The van der Waals surface area contributed by atoms with Crippen LogP contribution in [-0.4, -0.2) is 36.7 Å². The second-order valence-corrected chi connectivity index (χ2v) is 5.10. The van der Waals surface area contributed by atoms with E-state index in [0.717, 1.165) is 10.0 Å². The van der Waals surface area contributed by atoms with Gasteiger partial charge >= 0.3 is 5.37 Å². The summed E-state index contributed by atoms with van der Waals surface area (Å²) in [5.41, 5.74) is 1.13. The number of amides is 3. The molecular weight excluding hydrogens is 308 g/mol. The minimum atomic E-state index is -0.921. The van der Waals surface area contributed by atoms with Crippen LogP contribution in [0.4, 0.5) is 4.79 Å². The average Bonchev–Trinajstić information content (AvgIpc) is 3.00. The fraction of sp³-hybridized carbons (Fsp3) is 0.143. The van der Waals surface area contributed by atoms with Gasteiger partial charge in [0, 0.05) is 7.05 Å². The predicted molar refractivity (Wildman–Crippen MR) is 76.9 cm³/mol. The smallest absolute Gasteiger partial charge is 0.335 e. The van der Waals surface area contributed by atoms with Crippen LogP contribution in [0.3, 0.4) is 0 Å². The van der Waals surface area contributed by atoms with Crippen LogP contribution in [0, 0.1) is 0 Å². The first kappa shape index (κ1) is 14.3. The summed E-state index contributed by atoms with van der Waals surface area (Å²) >= 11 is 5.58. The van der Waals surface area contributed by atoms with E-state index in [1.54, 1.807) is 30.1 Å². The minimum Gasteiger partial charge on any atom is -0.336 e. The molecule has 1 aromatic carbocycles. The molecule has 0 unspecified atom stereocenters. The van der Waals surface area contributed by atoms with Gasteiger partial charge in [-0.25, -0.2) is 9.99 Å². The molecule has 22 heavy (non-hydrogen) atoms. The Morgan fingerprint density at radius 3 is 2.27 bits per heavy atom. The van der Waals surface area contributed by atoms with Crippen LogP contribution in [0.15, 0.2) is 36.8 Å². The third-order valence-electron chi connectivity index (χ3n) is 3.45. The Morgan fingerprint density at radius 1 is 1.23 bits per heavy atom. The van der Waals surface area contributed by atoms with Crippen LogP contribution < -0.4 is 0 Å². The topological polar surface area (TPSA) is 75.5 Å². The van der Waals surface area contributed by atoms with Gasteiger partial charge in [0.05, 0.1) is 35.9 Å². The SMILES string of the molecule is Cn1cncc1CN(C(=O)Cl)N1C(=O)c2ccccc2C1=O. The second kappa shape index (κ2) is 5.27. The number of nitrogens with zero attached hydrogens (tertiary/aromatic N) is 4. The average molecular weight is 319 g/mol. The van der Waals surface area contributed by atoms with Crippen molar-refractivity contribution >= 4 is 28.8 Å². The Balaban J connectivity index is 1.97. The van der Waals surface area contributed by atoms with Gasteiger partial charge in [-0.05, 0) is 23.7 Å². The molecule has 8 heteroatoms. The zero-order valence-corrected chi connectivity index (χ0v) is 12.3. The van der Waals surface area contributed by atoms with Crippen LogP contribution in [-0.2, 0) is 13.6 Å². The molecule has 0 saturated heterocycles. The lowest BCUT2D eigenvalue weighted by Crippen LogP contribution is -2.47. The molecule has 112 valence electrons. The Morgan fingerprint density at radius 2 is 1.82 bits per heavy atom. The van der Waals surface area contributed by atoms with Gasteiger partial charge in [-0.1, -0.05) is 12.1 Å². The highest BCUT2D eigenvalue weighted by Crippen LogP contribution is 2.25. The standard InChI is InChI=1S/C14H11ClN4O3/c1-17-8-16-6-9(17)7-18(14(15)22)19-12(20)10-4-2-3-5-11(10)13(19)21/h2-6,8H,7H2,1H3. The number of aryl methyl sites for hydroxylation is 1. The van der Waals surface area contributed by atoms with Gasteiger partial charge < -0.3 is 4.57 Å². The number of benzene rings is 1. The number of halogens is 1. The third-order valence-corrected chi connectivity index (χ3v) is 3.64. The summed E-state index contributed by atoms with van der Waals surface area (Å²) in [4.78, 5) is 40.5. The summed E-state index contributed by atoms with van der Waals surface area (Å²) in [7, 11) is 1.74. The van der Waals surface area contributed by atoms with E-state index in [2.05, 4.69) is 4.98 Å². The fourth-order valence-electron chi connectivity index (χ4n) is 2.30. The van der Waals surface area contributed by atoms with Crippen LogP contribution in [0.25, 0.3) is 0 Å². The summed E-state index contributed by atoms with van der Waals surface area (Å²) in [5.74, 6) is -1.14. The van der Waals surface area contributed by atoms with E-state index < -0.39 is 17.2 Å². The van der Waals surface area contributed by atoms with Gasteiger partial charge in [-0.3, -0.25) is 14.4 Å². The number of carbonyl (C=O) groups is 3. The molecule has 3 rings (SSSR count). The number of imide groups is 1. The summed E-state index contributed by atoms with van der Waals surface area (Å²) < 4.78 is 1.67. The van der Waals surface area contributed by atoms with Gasteiger partial charge in [0.1, 0.15) is 0 Å². The minimum absolute atomic E-state index is 0.0374. The molecule has 0 aliphatic carbocycles. The van der Waals surface area contributed by atoms with Crippen molar-refractivity contribution in [2.45, 2.75) is 6.54 Å². The van der Waals surface area contributed by atoms with Crippen molar-refractivity contribution in [3.8, 4) is 0 Å². The summed E-state index contributed by atoms with van der Waals surface area (Å²) in [6.07, 6.45) is 3.08. The van der Waals surface area contributed by atoms with Gasteiger partial charge in [0.25, 0.3) is 11.8 Å². The molecule has 0 bridgehead atoms. The Kier molecular flexibility index (Phi) is 3.42. The molecule has 0 spiro atoms. The van der Waals surface area contributed by atoms with E-state index in [1.807, 2.05) is 0 Å². The van der Waals surface area contributed by atoms with E-state index in [9.17, 15) is 14.4 Å². The molecule has 0 fully saturated rings. The molecule has 7 nitrogen and oxygen atoms in total. The van der Waals surface area contributed by atoms with Gasteiger partial charge in [0.15, 0.2) is 0 Å². The molecule has 2 heterocycles. The maximum absolute atomic E-state index is 12.4. The molecule has 1 aromatic heterocycles. The van der Waals surface area contributed by atoms with E-state index >= 15 is 0 Å². The molecular formula is C14H11ClN4O3. The van der Waals surface area contributed by atoms with Crippen molar-refractivity contribution < 1.29 is 14.4 Å². The van der Waals surface area contributed by atoms with E-state index in [1.165, 1.54) is 18.3 Å². The van der Waals surface area contributed by atoms with Crippen molar-refractivity contribution in [1.82, 2.24) is 19.6 Å². The van der Waals surface area contributed by atoms with E-state index in [-0.39, 0.29) is 17.7 Å². The highest BCUT2D eigenvalue weighted by molar-refractivity contribution is 6.63. The molecule has 1 aliphatic heterocycles. The Labute approximate surface area is 130 Å².